The lowest BCUT2D eigenvalue weighted by atomic mass is 10.0. The number of hydrogen-bond donors (Lipinski definition) is 2. The number of nitrogens with one attached hydrogen (secondary N) is 2. The molecular weight excluding hydrogens is 387 g/mol. The van der Waals surface area contributed by atoms with E-state index in [0.29, 0.717) is 5.92 Å². The fourth-order valence-electron chi connectivity index (χ4n) is 2.08. The molecule has 0 bridgehead atoms. The van der Waals surface area contributed by atoms with Crippen molar-refractivity contribution in [3.05, 3.63) is 29.6 Å². The maximum absolute atomic E-state index is 4.68. The molecule has 0 atom stereocenters. The van der Waals surface area contributed by atoms with Crippen LogP contribution in [0.5, 0.6) is 0 Å². The lowest BCUT2D eigenvalue weighted by molar-refractivity contribution is 0.504. The van der Waals surface area contributed by atoms with Gasteiger partial charge in [0.15, 0.2) is 5.96 Å². The zero-order chi connectivity index (χ0) is 15.5. The number of nitrogens with zero attached hydrogens (tertiary/aromatic N) is 2. The van der Waals surface area contributed by atoms with E-state index in [9.17, 15) is 0 Å². The molecule has 22 heavy (non-hydrogen) atoms. The van der Waals surface area contributed by atoms with Crippen molar-refractivity contribution in [1.82, 2.24) is 15.6 Å². The third kappa shape index (κ3) is 8.56. The minimum absolute atomic E-state index is 0. The average Bonchev–Trinajstić information content (AvgIpc) is 2.50. The SMILES string of the molecule is CCNC(=NCC(CC)CC)NCCc1ccc(C)nc1.I. The minimum atomic E-state index is 0. The lowest BCUT2D eigenvalue weighted by Crippen LogP contribution is -2.38. The number of aromatic nitrogens is 1. The van der Waals surface area contributed by atoms with Gasteiger partial charge in [-0.25, -0.2) is 0 Å². The van der Waals surface area contributed by atoms with Crippen LogP contribution in [0.15, 0.2) is 23.3 Å². The number of aliphatic imine (C=N–C) groups is 1. The van der Waals surface area contributed by atoms with E-state index in [-0.39, 0.29) is 24.0 Å². The molecule has 0 aliphatic heterocycles. The molecule has 0 aromatic carbocycles. The molecule has 0 amide bonds. The first-order chi connectivity index (χ1) is 10.2. The van der Waals surface area contributed by atoms with E-state index < -0.39 is 0 Å². The maximum Gasteiger partial charge on any atom is 0.191 e. The highest BCUT2D eigenvalue weighted by atomic mass is 127. The molecule has 0 fully saturated rings. The van der Waals surface area contributed by atoms with Gasteiger partial charge < -0.3 is 10.6 Å². The second kappa shape index (κ2) is 12.7. The van der Waals surface area contributed by atoms with Gasteiger partial charge in [-0.3, -0.25) is 9.98 Å². The van der Waals surface area contributed by atoms with Crippen molar-refractivity contribution in [3.8, 4) is 0 Å². The summed E-state index contributed by atoms with van der Waals surface area (Å²) in [5, 5.41) is 6.70. The van der Waals surface area contributed by atoms with Gasteiger partial charge in [0.1, 0.15) is 0 Å². The van der Waals surface area contributed by atoms with Crippen molar-refractivity contribution < 1.29 is 0 Å². The molecule has 0 radical (unpaired) electrons. The fraction of sp³-hybridized carbons (Fsp3) is 0.647. The van der Waals surface area contributed by atoms with Crippen molar-refractivity contribution in [3.63, 3.8) is 0 Å². The quantitative estimate of drug-likeness (QED) is 0.386. The van der Waals surface area contributed by atoms with Gasteiger partial charge >= 0.3 is 0 Å². The summed E-state index contributed by atoms with van der Waals surface area (Å²) in [6.45, 7) is 11.2. The Morgan fingerprint density at radius 2 is 1.91 bits per heavy atom. The van der Waals surface area contributed by atoms with Crippen LogP contribution in [0.1, 0.15) is 44.9 Å². The van der Waals surface area contributed by atoms with Crippen LogP contribution in [0.3, 0.4) is 0 Å². The Morgan fingerprint density at radius 3 is 2.45 bits per heavy atom. The highest BCUT2D eigenvalue weighted by Gasteiger charge is 2.03. The van der Waals surface area contributed by atoms with Gasteiger partial charge in [-0.2, -0.15) is 0 Å². The summed E-state index contributed by atoms with van der Waals surface area (Å²) < 4.78 is 0. The highest BCUT2D eigenvalue weighted by molar-refractivity contribution is 14.0. The van der Waals surface area contributed by atoms with Crippen molar-refractivity contribution in [2.45, 2.75) is 47.0 Å². The molecule has 2 N–H and O–H groups in total. The Labute approximate surface area is 152 Å². The fourth-order valence-corrected chi connectivity index (χ4v) is 2.08. The summed E-state index contributed by atoms with van der Waals surface area (Å²) in [7, 11) is 0. The van der Waals surface area contributed by atoms with E-state index in [0.717, 1.165) is 37.7 Å². The smallest absolute Gasteiger partial charge is 0.191 e. The van der Waals surface area contributed by atoms with Crippen LogP contribution in [-0.2, 0) is 6.42 Å². The molecule has 0 saturated carbocycles. The average molecular weight is 418 g/mol. The zero-order valence-corrected chi connectivity index (χ0v) is 16.7. The van der Waals surface area contributed by atoms with Gasteiger partial charge in [-0.15, -0.1) is 24.0 Å². The predicted molar refractivity (Wildman–Crippen MR) is 106 cm³/mol. The van der Waals surface area contributed by atoms with Gasteiger partial charge in [0.05, 0.1) is 0 Å². The monoisotopic (exact) mass is 418 g/mol. The largest absolute Gasteiger partial charge is 0.357 e. The Morgan fingerprint density at radius 1 is 1.18 bits per heavy atom. The second-order valence-corrected chi connectivity index (χ2v) is 5.39. The summed E-state index contributed by atoms with van der Waals surface area (Å²) in [4.78, 5) is 9.00. The first-order valence-corrected chi connectivity index (χ1v) is 8.13. The Kier molecular flexibility index (Phi) is 12.2. The molecule has 5 heteroatoms. The number of halogens is 1. The molecule has 1 rings (SSSR count). The Bertz CT molecular complexity index is 413. The van der Waals surface area contributed by atoms with Crippen LogP contribution in [0.2, 0.25) is 0 Å². The van der Waals surface area contributed by atoms with E-state index in [1.807, 2.05) is 13.1 Å². The molecular formula is C17H31IN4. The molecule has 0 aliphatic rings. The Hall–Kier alpha value is -0.850. The van der Waals surface area contributed by atoms with Crippen LogP contribution in [-0.4, -0.2) is 30.6 Å². The molecule has 1 aromatic heterocycles. The third-order valence-corrected chi connectivity index (χ3v) is 3.69. The topological polar surface area (TPSA) is 49.3 Å². The molecule has 0 saturated heterocycles. The van der Waals surface area contributed by atoms with Crippen LogP contribution in [0, 0.1) is 12.8 Å². The van der Waals surface area contributed by atoms with E-state index in [1.54, 1.807) is 0 Å². The third-order valence-electron chi connectivity index (χ3n) is 3.69. The number of rotatable bonds is 8. The summed E-state index contributed by atoms with van der Waals surface area (Å²) in [5.74, 6) is 1.60. The highest BCUT2D eigenvalue weighted by Crippen LogP contribution is 2.07. The summed E-state index contributed by atoms with van der Waals surface area (Å²) in [6.07, 6.45) is 5.29. The van der Waals surface area contributed by atoms with Gasteiger partial charge in [-0.05, 0) is 37.8 Å². The molecule has 1 heterocycles. The number of pyridine rings is 1. The summed E-state index contributed by atoms with van der Waals surface area (Å²) >= 11 is 0. The van der Waals surface area contributed by atoms with Crippen molar-refractivity contribution in [2.75, 3.05) is 19.6 Å². The van der Waals surface area contributed by atoms with Gasteiger partial charge in [-0.1, -0.05) is 32.8 Å². The lowest BCUT2D eigenvalue weighted by Gasteiger charge is -2.14. The van der Waals surface area contributed by atoms with Gasteiger partial charge in [0, 0.05) is 31.5 Å². The van der Waals surface area contributed by atoms with E-state index >= 15 is 0 Å². The van der Waals surface area contributed by atoms with E-state index in [4.69, 9.17) is 0 Å². The first kappa shape index (κ1) is 21.1. The van der Waals surface area contributed by atoms with Gasteiger partial charge in [0.25, 0.3) is 0 Å². The standard InChI is InChI=1S/C17H30N4.HI/c1-5-15(6-2)12-21-17(18-7-3)19-11-10-16-9-8-14(4)20-13-16;/h8-9,13,15H,5-7,10-12H2,1-4H3,(H2,18,19,21);1H. The first-order valence-electron chi connectivity index (χ1n) is 8.13. The normalized spacial score (nSPS) is 11.2. The molecule has 126 valence electrons. The van der Waals surface area contributed by atoms with Gasteiger partial charge in [0.2, 0.25) is 0 Å². The predicted octanol–water partition coefficient (Wildman–Crippen LogP) is 3.54. The second-order valence-electron chi connectivity index (χ2n) is 5.39. The van der Waals surface area contributed by atoms with E-state index in [1.165, 1.54) is 18.4 Å². The molecule has 0 unspecified atom stereocenters. The van der Waals surface area contributed by atoms with Crippen molar-refractivity contribution in [2.24, 2.45) is 10.9 Å². The minimum Gasteiger partial charge on any atom is -0.357 e. The van der Waals surface area contributed by atoms with Crippen molar-refractivity contribution >= 4 is 29.9 Å². The molecule has 4 nitrogen and oxygen atoms in total. The molecule has 0 spiro atoms. The molecule has 0 aliphatic carbocycles. The number of guanidine groups is 1. The van der Waals surface area contributed by atoms with E-state index in [2.05, 4.69) is 53.5 Å². The van der Waals surface area contributed by atoms with Crippen LogP contribution in [0.25, 0.3) is 0 Å². The molecule has 1 aromatic rings. The maximum atomic E-state index is 4.68. The summed E-state index contributed by atoms with van der Waals surface area (Å²) in [6, 6.07) is 4.19. The van der Waals surface area contributed by atoms with Crippen LogP contribution in [0.4, 0.5) is 0 Å². The van der Waals surface area contributed by atoms with Crippen LogP contribution >= 0.6 is 24.0 Å². The number of aryl methyl sites for hydroxylation is 1. The number of hydrogen-bond acceptors (Lipinski definition) is 2. The Balaban J connectivity index is 0.00000441. The van der Waals surface area contributed by atoms with Crippen molar-refractivity contribution in [1.29, 1.82) is 0 Å². The van der Waals surface area contributed by atoms with Crippen LogP contribution < -0.4 is 10.6 Å². The zero-order valence-electron chi connectivity index (χ0n) is 14.4. The summed E-state index contributed by atoms with van der Waals surface area (Å²) in [5.41, 5.74) is 2.32.